The van der Waals surface area contributed by atoms with Gasteiger partial charge in [-0.15, -0.1) is 0 Å². The number of nitrogens with zero attached hydrogens (tertiary/aromatic N) is 1. The molecule has 1 fully saturated rings. The van der Waals surface area contributed by atoms with Crippen LogP contribution < -0.4 is 5.73 Å². The molecule has 2 nitrogen and oxygen atoms in total. The Kier molecular flexibility index (Phi) is 4.76. The highest BCUT2D eigenvalue weighted by Crippen LogP contribution is 2.25. The first-order valence-corrected chi connectivity index (χ1v) is 7.28. The van der Waals surface area contributed by atoms with E-state index in [9.17, 15) is 4.39 Å². The molecule has 0 saturated carbocycles. The van der Waals surface area contributed by atoms with E-state index in [0.29, 0.717) is 18.5 Å². The second-order valence-corrected chi connectivity index (χ2v) is 6.09. The smallest absolute Gasteiger partial charge is 0.124 e. The molecule has 0 aromatic heterocycles. The van der Waals surface area contributed by atoms with E-state index < -0.39 is 0 Å². The maximum Gasteiger partial charge on any atom is 0.124 e. The van der Waals surface area contributed by atoms with Crippen LogP contribution in [0.5, 0.6) is 0 Å². The summed E-state index contributed by atoms with van der Waals surface area (Å²) in [6, 6.07) is 5.50. The Morgan fingerprint density at radius 3 is 2.89 bits per heavy atom. The zero-order valence-electron chi connectivity index (χ0n) is 10.7. The van der Waals surface area contributed by atoms with Crippen LogP contribution in [0.3, 0.4) is 0 Å². The lowest BCUT2D eigenvalue weighted by atomic mass is 9.90. The summed E-state index contributed by atoms with van der Waals surface area (Å²) in [7, 11) is 0. The van der Waals surface area contributed by atoms with Gasteiger partial charge in [0.1, 0.15) is 5.82 Å². The summed E-state index contributed by atoms with van der Waals surface area (Å²) in [4.78, 5) is 2.38. The fourth-order valence-electron chi connectivity index (χ4n) is 2.85. The second-order valence-electron chi connectivity index (χ2n) is 5.17. The zero-order valence-corrected chi connectivity index (χ0v) is 12.3. The Balaban J connectivity index is 2.11. The molecule has 0 radical (unpaired) electrons. The van der Waals surface area contributed by atoms with E-state index in [2.05, 4.69) is 27.8 Å². The van der Waals surface area contributed by atoms with E-state index in [1.165, 1.54) is 18.9 Å². The van der Waals surface area contributed by atoms with Crippen LogP contribution in [0.2, 0.25) is 0 Å². The third-order valence-electron chi connectivity index (χ3n) is 3.78. The monoisotopic (exact) mass is 314 g/mol. The highest BCUT2D eigenvalue weighted by Gasteiger charge is 2.27. The molecule has 1 aliphatic heterocycles. The number of hydrogen-bond donors (Lipinski definition) is 1. The molecule has 1 aromatic carbocycles. The summed E-state index contributed by atoms with van der Waals surface area (Å²) in [5, 5.41) is 0. The third-order valence-corrected chi connectivity index (χ3v) is 4.24. The molecule has 1 heterocycles. The van der Waals surface area contributed by atoms with Crippen LogP contribution in [0, 0.1) is 11.7 Å². The van der Waals surface area contributed by atoms with Gasteiger partial charge in [0.2, 0.25) is 0 Å². The summed E-state index contributed by atoms with van der Waals surface area (Å²) in [5.41, 5.74) is 6.88. The zero-order chi connectivity index (χ0) is 13.1. The minimum absolute atomic E-state index is 0.186. The van der Waals surface area contributed by atoms with Crippen LogP contribution in [0.25, 0.3) is 0 Å². The number of rotatable bonds is 3. The maximum atomic E-state index is 13.4. The normalized spacial score (nSPS) is 25.3. The van der Waals surface area contributed by atoms with Gasteiger partial charge in [0.05, 0.1) is 0 Å². The van der Waals surface area contributed by atoms with Crippen molar-refractivity contribution >= 4 is 15.9 Å². The van der Waals surface area contributed by atoms with Gasteiger partial charge in [-0.25, -0.2) is 4.39 Å². The van der Waals surface area contributed by atoms with Crippen molar-refractivity contribution in [1.82, 2.24) is 4.90 Å². The van der Waals surface area contributed by atoms with E-state index >= 15 is 0 Å². The molecule has 2 unspecified atom stereocenters. The first kappa shape index (κ1) is 14.0. The lowest BCUT2D eigenvalue weighted by Crippen LogP contribution is -2.48. The van der Waals surface area contributed by atoms with Crippen molar-refractivity contribution in [3.8, 4) is 0 Å². The first-order valence-electron chi connectivity index (χ1n) is 6.49. The summed E-state index contributed by atoms with van der Waals surface area (Å²) in [6.45, 7) is 4.77. The molecule has 1 saturated heterocycles. The van der Waals surface area contributed by atoms with Gasteiger partial charge in [-0.2, -0.15) is 0 Å². The topological polar surface area (TPSA) is 29.3 Å². The molecule has 2 rings (SSSR count). The van der Waals surface area contributed by atoms with Gasteiger partial charge in [-0.1, -0.05) is 22.9 Å². The van der Waals surface area contributed by atoms with Gasteiger partial charge < -0.3 is 5.73 Å². The number of piperidine rings is 1. The van der Waals surface area contributed by atoms with Gasteiger partial charge in [0.15, 0.2) is 0 Å². The largest absolute Gasteiger partial charge is 0.329 e. The Bertz CT molecular complexity index is 391. The van der Waals surface area contributed by atoms with Crippen LogP contribution in [0.15, 0.2) is 22.7 Å². The SMILES string of the molecule is CC1CCCN(Cc2cc(F)cc(Br)c2)C1CN. The number of benzene rings is 1. The summed E-state index contributed by atoms with van der Waals surface area (Å²) >= 11 is 3.34. The van der Waals surface area contributed by atoms with Crippen LogP contribution >= 0.6 is 15.9 Å². The highest BCUT2D eigenvalue weighted by atomic mass is 79.9. The predicted octanol–water partition coefficient (Wildman–Crippen LogP) is 3.15. The van der Waals surface area contributed by atoms with Crippen LogP contribution in [-0.2, 0) is 6.54 Å². The number of likely N-dealkylation sites (tertiary alicyclic amines) is 1. The van der Waals surface area contributed by atoms with E-state index in [-0.39, 0.29) is 5.82 Å². The molecule has 0 spiro atoms. The second kappa shape index (κ2) is 6.13. The molecule has 100 valence electrons. The van der Waals surface area contributed by atoms with Gasteiger partial charge >= 0.3 is 0 Å². The van der Waals surface area contributed by atoms with Crippen molar-refractivity contribution in [3.05, 3.63) is 34.1 Å². The van der Waals surface area contributed by atoms with Crippen molar-refractivity contribution in [2.24, 2.45) is 11.7 Å². The molecule has 0 bridgehead atoms. The molecular weight excluding hydrogens is 295 g/mol. The fourth-order valence-corrected chi connectivity index (χ4v) is 3.36. The van der Waals surface area contributed by atoms with Gasteiger partial charge in [0, 0.05) is 23.6 Å². The standard InChI is InChI=1S/C14H20BrFN2/c1-10-3-2-4-18(14(10)8-17)9-11-5-12(15)7-13(16)6-11/h5-7,10,14H,2-4,8-9,17H2,1H3. The third kappa shape index (κ3) is 3.31. The van der Waals surface area contributed by atoms with Gasteiger partial charge in [-0.3, -0.25) is 4.90 Å². The predicted molar refractivity (Wildman–Crippen MR) is 75.8 cm³/mol. The number of halogens is 2. The Morgan fingerprint density at radius 1 is 1.44 bits per heavy atom. The average Bonchev–Trinajstić information content (AvgIpc) is 2.27. The van der Waals surface area contributed by atoms with E-state index in [1.54, 1.807) is 6.07 Å². The molecule has 1 aromatic rings. The molecule has 1 aliphatic rings. The lowest BCUT2D eigenvalue weighted by molar-refractivity contribution is 0.0990. The number of nitrogens with two attached hydrogens (primary N) is 1. The summed E-state index contributed by atoms with van der Waals surface area (Å²) < 4.78 is 14.2. The van der Waals surface area contributed by atoms with E-state index in [4.69, 9.17) is 5.73 Å². The molecule has 18 heavy (non-hydrogen) atoms. The Morgan fingerprint density at radius 2 is 2.22 bits per heavy atom. The van der Waals surface area contributed by atoms with Gasteiger partial charge in [-0.05, 0) is 49.1 Å². The summed E-state index contributed by atoms with van der Waals surface area (Å²) in [5.74, 6) is 0.439. The van der Waals surface area contributed by atoms with Crippen LogP contribution in [-0.4, -0.2) is 24.0 Å². The molecule has 2 N–H and O–H groups in total. The Hall–Kier alpha value is -0.450. The average molecular weight is 315 g/mol. The quantitative estimate of drug-likeness (QED) is 0.928. The van der Waals surface area contributed by atoms with Crippen molar-refractivity contribution in [1.29, 1.82) is 0 Å². The Labute approximate surface area is 116 Å². The molecule has 0 aliphatic carbocycles. The van der Waals surface area contributed by atoms with Crippen LogP contribution in [0.4, 0.5) is 4.39 Å². The van der Waals surface area contributed by atoms with E-state index in [0.717, 1.165) is 23.1 Å². The van der Waals surface area contributed by atoms with E-state index in [1.807, 2.05) is 6.07 Å². The van der Waals surface area contributed by atoms with Crippen molar-refractivity contribution in [2.75, 3.05) is 13.1 Å². The maximum absolute atomic E-state index is 13.4. The number of hydrogen-bond acceptors (Lipinski definition) is 2. The van der Waals surface area contributed by atoms with Crippen molar-refractivity contribution < 1.29 is 4.39 Å². The highest BCUT2D eigenvalue weighted by molar-refractivity contribution is 9.10. The lowest BCUT2D eigenvalue weighted by Gasteiger charge is -2.39. The van der Waals surface area contributed by atoms with Crippen molar-refractivity contribution in [3.63, 3.8) is 0 Å². The first-order chi connectivity index (χ1) is 8.60. The van der Waals surface area contributed by atoms with Gasteiger partial charge in [0.25, 0.3) is 0 Å². The summed E-state index contributed by atoms with van der Waals surface area (Å²) in [6.07, 6.45) is 2.44. The molecular formula is C14H20BrFN2. The fraction of sp³-hybridized carbons (Fsp3) is 0.571. The molecule has 2 atom stereocenters. The minimum atomic E-state index is -0.186. The minimum Gasteiger partial charge on any atom is -0.329 e. The molecule has 0 amide bonds. The van der Waals surface area contributed by atoms with Crippen LogP contribution in [0.1, 0.15) is 25.3 Å². The van der Waals surface area contributed by atoms with Crippen molar-refractivity contribution in [2.45, 2.75) is 32.4 Å². The molecule has 4 heteroatoms.